The summed E-state index contributed by atoms with van der Waals surface area (Å²) >= 11 is 11.2. The monoisotopic (exact) mass is 728 g/mol. The van der Waals surface area contributed by atoms with Crippen LogP contribution < -0.4 is 9.03 Å². The van der Waals surface area contributed by atoms with Crippen LogP contribution in [-0.2, 0) is 28.9 Å². The number of carbonyl (C=O) groups is 1. The largest absolute Gasteiger partial charge is 0.332 e. The summed E-state index contributed by atoms with van der Waals surface area (Å²) in [6.45, 7) is 8.00. The predicted molar refractivity (Wildman–Crippen MR) is 212 cm³/mol. The molecular weight excluding hydrogens is 683 g/mol. The molecule has 1 heterocycles. The highest BCUT2D eigenvalue weighted by atomic mass is 35.5. The molecule has 1 aliphatic rings. The molecule has 9 heteroatoms. The average molecular weight is 730 g/mol. The lowest BCUT2D eigenvalue weighted by Gasteiger charge is -2.29. The van der Waals surface area contributed by atoms with Gasteiger partial charge in [0.15, 0.2) is 0 Å². The van der Waals surface area contributed by atoms with Gasteiger partial charge in [-0.3, -0.25) is 18.8 Å². The van der Waals surface area contributed by atoms with Gasteiger partial charge >= 0.3 is 0 Å². The smallest absolute Gasteiger partial charge is 0.225 e. The minimum atomic E-state index is -1.65. The third-order valence-electron chi connectivity index (χ3n) is 9.14. The van der Waals surface area contributed by atoms with Crippen molar-refractivity contribution < 1.29 is 9.00 Å². The zero-order chi connectivity index (χ0) is 35.5. The molecule has 0 aliphatic carbocycles. The van der Waals surface area contributed by atoms with Crippen LogP contribution in [0.1, 0.15) is 81.0 Å². The molecule has 5 rings (SSSR count). The molecule has 0 bridgehead atoms. The van der Waals surface area contributed by atoms with Gasteiger partial charge in [0, 0.05) is 35.8 Å². The van der Waals surface area contributed by atoms with Crippen LogP contribution in [0, 0.1) is 0 Å². The Morgan fingerprint density at radius 3 is 2.18 bits per heavy atom. The van der Waals surface area contributed by atoms with Gasteiger partial charge in [-0.2, -0.15) is 0 Å². The number of hydrogen-bond acceptors (Lipinski definition) is 4. The van der Waals surface area contributed by atoms with Crippen molar-refractivity contribution in [3.05, 3.63) is 129 Å². The second kappa shape index (κ2) is 18.4. The predicted octanol–water partition coefficient (Wildman–Crippen LogP) is 10.4. The summed E-state index contributed by atoms with van der Waals surface area (Å²) < 4.78 is 16.4. The maximum absolute atomic E-state index is 12.4. The van der Waals surface area contributed by atoms with Crippen molar-refractivity contribution in [1.29, 1.82) is 0 Å². The Labute approximate surface area is 309 Å². The number of anilines is 1. The van der Waals surface area contributed by atoms with Crippen molar-refractivity contribution in [2.75, 3.05) is 17.4 Å². The fourth-order valence-corrected chi connectivity index (χ4v) is 7.74. The van der Waals surface area contributed by atoms with E-state index < -0.39 is 11.2 Å². The summed E-state index contributed by atoms with van der Waals surface area (Å²) in [6, 6.07) is 31.4. The van der Waals surface area contributed by atoms with E-state index in [4.69, 9.17) is 28.2 Å². The van der Waals surface area contributed by atoms with E-state index in [-0.39, 0.29) is 0 Å². The number of aliphatic imine (C=N–C) groups is 1. The molecule has 2 atom stereocenters. The Morgan fingerprint density at radius 1 is 0.880 bits per heavy atom. The van der Waals surface area contributed by atoms with E-state index in [1.54, 1.807) is 10.4 Å². The number of unbranched alkanes of at least 4 members (excludes halogenated alkanes) is 1. The molecule has 1 amide bonds. The van der Waals surface area contributed by atoms with Crippen LogP contribution in [0.4, 0.5) is 5.69 Å². The highest BCUT2D eigenvalue weighted by molar-refractivity contribution is 7.85. The Hall–Kier alpha value is -3.91. The van der Waals surface area contributed by atoms with E-state index in [9.17, 15) is 9.00 Å². The standard InChI is InChI=1S/C41H46Cl2N4O2S/c1-4-7-9-32(8-5-2)34-16-18-35(19-17-34)33-14-10-30(11-15-33)24-41-44-26-36(39-23-20-37(42)25-40(39)43)28-46(41)27-31-12-21-38(22-13-31)47(6-3)50(49)45-29-48/h10-23,25,28-29,32H,4-9,24,26-27H2,1-3H3,(H,45,48). The Kier molecular flexibility index (Phi) is 13.7. The van der Waals surface area contributed by atoms with Gasteiger partial charge in [-0.15, -0.1) is 0 Å². The van der Waals surface area contributed by atoms with Crippen molar-refractivity contribution in [1.82, 2.24) is 9.62 Å². The molecular formula is C41H46Cl2N4O2S. The molecule has 0 fully saturated rings. The molecule has 0 saturated heterocycles. The van der Waals surface area contributed by atoms with Gasteiger partial charge in [-0.25, -0.2) is 4.21 Å². The van der Waals surface area contributed by atoms with Crippen LogP contribution in [0.15, 0.2) is 102 Å². The van der Waals surface area contributed by atoms with E-state index in [0.717, 1.165) is 28.2 Å². The lowest BCUT2D eigenvalue weighted by atomic mass is 9.88. The van der Waals surface area contributed by atoms with Crippen LogP contribution in [0.2, 0.25) is 10.0 Å². The third kappa shape index (κ3) is 9.65. The van der Waals surface area contributed by atoms with E-state index in [1.807, 2.05) is 43.3 Å². The highest BCUT2D eigenvalue weighted by Crippen LogP contribution is 2.32. The fraction of sp³-hybridized carbons (Fsp3) is 0.317. The van der Waals surface area contributed by atoms with Gasteiger partial charge < -0.3 is 4.90 Å². The van der Waals surface area contributed by atoms with Crippen molar-refractivity contribution in [2.24, 2.45) is 4.99 Å². The minimum Gasteiger partial charge on any atom is -0.332 e. The van der Waals surface area contributed by atoms with Crippen molar-refractivity contribution in [3.8, 4) is 11.1 Å². The summed E-state index contributed by atoms with van der Waals surface area (Å²) in [4.78, 5) is 18.1. The van der Waals surface area contributed by atoms with E-state index in [1.165, 1.54) is 54.4 Å². The molecule has 6 nitrogen and oxygen atoms in total. The summed E-state index contributed by atoms with van der Waals surface area (Å²) in [7, 11) is 0. The normalized spacial score (nSPS) is 14.1. The summed E-state index contributed by atoms with van der Waals surface area (Å²) in [5.74, 6) is 1.60. The van der Waals surface area contributed by atoms with Crippen LogP contribution in [-0.4, -0.2) is 34.4 Å². The van der Waals surface area contributed by atoms with Crippen LogP contribution in [0.25, 0.3) is 16.7 Å². The van der Waals surface area contributed by atoms with E-state index in [0.29, 0.717) is 48.4 Å². The summed E-state index contributed by atoms with van der Waals surface area (Å²) in [6.07, 6.45) is 9.47. The Morgan fingerprint density at radius 2 is 1.56 bits per heavy atom. The maximum Gasteiger partial charge on any atom is 0.225 e. The first-order valence-electron chi connectivity index (χ1n) is 17.5. The molecule has 0 radical (unpaired) electrons. The molecule has 1 aliphatic heterocycles. The molecule has 0 saturated carbocycles. The zero-order valence-corrected chi connectivity index (χ0v) is 31.4. The van der Waals surface area contributed by atoms with E-state index in [2.05, 4.69) is 78.2 Å². The molecule has 4 aromatic rings. The average Bonchev–Trinajstić information content (AvgIpc) is 3.12. The summed E-state index contributed by atoms with van der Waals surface area (Å²) in [5, 5.41) is 1.18. The molecule has 4 aromatic carbocycles. The number of carbonyl (C=O) groups excluding carboxylic acids is 1. The summed E-state index contributed by atoms with van der Waals surface area (Å²) in [5.41, 5.74) is 8.79. The second-order valence-corrected chi connectivity index (χ2v) is 14.6. The number of halogens is 2. The number of amides is 1. The molecule has 262 valence electrons. The van der Waals surface area contributed by atoms with Crippen molar-refractivity contribution >= 4 is 57.9 Å². The van der Waals surface area contributed by atoms with Crippen molar-refractivity contribution in [2.45, 2.75) is 71.8 Å². The first kappa shape index (κ1) is 37.3. The lowest BCUT2D eigenvalue weighted by molar-refractivity contribution is -0.108. The second-order valence-electron chi connectivity index (χ2n) is 12.6. The number of amidine groups is 1. The maximum atomic E-state index is 12.4. The molecule has 0 aromatic heterocycles. The lowest BCUT2D eigenvalue weighted by Crippen LogP contribution is -2.34. The number of nitrogens with one attached hydrogen (secondary N) is 1. The number of hydrogen-bond donors (Lipinski definition) is 1. The van der Waals surface area contributed by atoms with Crippen LogP contribution in [0.5, 0.6) is 0 Å². The molecule has 2 unspecified atom stereocenters. The Bertz CT molecular complexity index is 1810. The number of nitrogens with zero attached hydrogens (tertiary/aromatic N) is 3. The van der Waals surface area contributed by atoms with Crippen LogP contribution in [0.3, 0.4) is 0 Å². The number of benzene rings is 4. The van der Waals surface area contributed by atoms with Gasteiger partial charge in [0.05, 0.1) is 12.2 Å². The van der Waals surface area contributed by atoms with Gasteiger partial charge in [0.1, 0.15) is 5.84 Å². The first-order chi connectivity index (χ1) is 24.3. The minimum absolute atomic E-state index is 0.448. The van der Waals surface area contributed by atoms with Gasteiger partial charge in [0.2, 0.25) is 17.6 Å². The first-order valence-corrected chi connectivity index (χ1v) is 19.3. The van der Waals surface area contributed by atoms with Gasteiger partial charge in [-0.05, 0) is 88.9 Å². The van der Waals surface area contributed by atoms with Crippen molar-refractivity contribution in [3.63, 3.8) is 0 Å². The van der Waals surface area contributed by atoms with E-state index >= 15 is 0 Å². The topological polar surface area (TPSA) is 65.0 Å². The zero-order valence-electron chi connectivity index (χ0n) is 29.1. The third-order valence-corrected chi connectivity index (χ3v) is 10.9. The highest BCUT2D eigenvalue weighted by Gasteiger charge is 2.20. The fourth-order valence-electron chi connectivity index (χ4n) is 6.46. The quantitative estimate of drug-likeness (QED) is 0.110. The SMILES string of the molecule is CCCCC(CCC)c1ccc(-c2ccc(CC3=NCC(c4ccc(Cl)cc4Cl)=CN3Cc3ccc(N(CC)S(=O)NC=O)cc3)cc2)cc1. The number of rotatable bonds is 17. The molecule has 1 N–H and O–H groups in total. The van der Waals surface area contributed by atoms with Gasteiger partial charge in [0.25, 0.3) is 0 Å². The van der Waals surface area contributed by atoms with Gasteiger partial charge in [-0.1, -0.05) is 123 Å². The van der Waals surface area contributed by atoms with Crippen LogP contribution >= 0.6 is 23.2 Å². The molecule has 50 heavy (non-hydrogen) atoms. The Balaban J connectivity index is 1.35. The molecule has 0 spiro atoms.